The van der Waals surface area contributed by atoms with Crippen molar-refractivity contribution < 1.29 is 9.53 Å². The van der Waals surface area contributed by atoms with Crippen LogP contribution in [0.15, 0.2) is 22.7 Å². The molecular formula is C8H9BrN2O2. The zero-order valence-electron chi connectivity index (χ0n) is 7.00. The van der Waals surface area contributed by atoms with E-state index in [1.54, 1.807) is 18.2 Å². The fraction of sp³-hybridized carbons (Fsp3) is 0.125. The lowest BCUT2D eigenvalue weighted by atomic mass is 10.2. The molecule has 0 spiro atoms. The van der Waals surface area contributed by atoms with E-state index in [2.05, 4.69) is 15.9 Å². The smallest absolute Gasteiger partial charge is 0.266 e. The van der Waals surface area contributed by atoms with Crippen molar-refractivity contribution in [1.29, 1.82) is 0 Å². The molecule has 0 saturated carbocycles. The largest absolute Gasteiger partial charge is 0.497 e. The lowest BCUT2D eigenvalue weighted by Crippen LogP contribution is -2.30. The second-order valence-corrected chi connectivity index (χ2v) is 3.17. The van der Waals surface area contributed by atoms with Gasteiger partial charge in [0.1, 0.15) is 5.75 Å². The van der Waals surface area contributed by atoms with Gasteiger partial charge in [0.05, 0.1) is 12.7 Å². The number of amides is 1. The molecule has 0 aliphatic rings. The van der Waals surface area contributed by atoms with Gasteiger partial charge in [-0.15, -0.1) is 0 Å². The van der Waals surface area contributed by atoms with Gasteiger partial charge in [-0.1, -0.05) is 0 Å². The molecule has 0 heterocycles. The number of nitrogens with one attached hydrogen (secondary N) is 1. The Bertz CT molecular complexity index is 328. The number of carbonyl (C=O) groups is 1. The maximum atomic E-state index is 11.2. The van der Waals surface area contributed by atoms with Crippen LogP contribution in [0.4, 0.5) is 0 Å². The van der Waals surface area contributed by atoms with Crippen LogP contribution in [0.1, 0.15) is 10.4 Å². The van der Waals surface area contributed by atoms with Crippen LogP contribution in [0.2, 0.25) is 0 Å². The van der Waals surface area contributed by atoms with Crippen LogP contribution in [0.3, 0.4) is 0 Å². The van der Waals surface area contributed by atoms with Gasteiger partial charge in [-0.05, 0) is 34.1 Å². The van der Waals surface area contributed by atoms with E-state index in [1.807, 2.05) is 5.43 Å². The van der Waals surface area contributed by atoms with E-state index in [0.717, 1.165) is 0 Å². The summed E-state index contributed by atoms with van der Waals surface area (Å²) in [5, 5.41) is 0. The lowest BCUT2D eigenvalue weighted by Gasteiger charge is -2.05. The molecule has 0 fully saturated rings. The summed E-state index contributed by atoms with van der Waals surface area (Å²) in [6.45, 7) is 0. The minimum atomic E-state index is -0.356. The second kappa shape index (κ2) is 4.25. The molecule has 1 rings (SSSR count). The Hall–Kier alpha value is -1.07. The minimum absolute atomic E-state index is 0.356. The Morgan fingerprint density at radius 1 is 1.62 bits per heavy atom. The van der Waals surface area contributed by atoms with Crippen LogP contribution in [0.5, 0.6) is 5.75 Å². The molecule has 1 aromatic carbocycles. The summed E-state index contributed by atoms with van der Waals surface area (Å²) in [5.74, 6) is 5.26. The first-order valence-electron chi connectivity index (χ1n) is 3.53. The first kappa shape index (κ1) is 10.0. The van der Waals surface area contributed by atoms with Gasteiger partial charge < -0.3 is 4.74 Å². The van der Waals surface area contributed by atoms with Gasteiger partial charge in [0.2, 0.25) is 0 Å². The normalized spacial score (nSPS) is 9.46. The molecular weight excluding hydrogens is 236 g/mol. The number of nitrogen functional groups attached to an aromatic ring is 1. The molecule has 0 atom stereocenters. The van der Waals surface area contributed by atoms with Gasteiger partial charge in [0.25, 0.3) is 5.91 Å². The highest BCUT2D eigenvalue weighted by molar-refractivity contribution is 9.10. The Kier molecular flexibility index (Phi) is 3.27. The first-order chi connectivity index (χ1) is 6.19. The number of ether oxygens (including phenoxy) is 1. The van der Waals surface area contributed by atoms with Gasteiger partial charge >= 0.3 is 0 Å². The zero-order chi connectivity index (χ0) is 9.84. The van der Waals surface area contributed by atoms with E-state index < -0.39 is 0 Å². The van der Waals surface area contributed by atoms with Crippen molar-refractivity contribution in [3.63, 3.8) is 0 Å². The summed E-state index contributed by atoms with van der Waals surface area (Å²) in [5.41, 5.74) is 2.50. The van der Waals surface area contributed by atoms with Gasteiger partial charge in [0.15, 0.2) is 0 Å². The molecule has 70 valence electrons. The van der Waals surface area contributed by atoms with Gasteiger partial charge in [-0.2, -0.15) is 0 Å². The molecule has 0 aliphatic heterocycles. The third-order valence-corrected chi connectivity index (χ3v) is 2.24. The summed E-state index contributed by atoms with van der Waals surface area (Å²) in [6.07, 6.45) is 0. The quantitative estimate of drug-likeness (QED) is 0.465. The summed E-state index contributed by atoms with van der Waals surface area (Å²) < 4.78 is 5.64. The first-order valence-corrected chi connectivity index (χ1v) is 4.33. The van der Waals surface area contributed by atoms with E-state index in [-0.39, 0.29) is 5.91 Å². The SMILES string of the molecule is COc1ccc(Br)c(C(=O)NN)c1. The number of benzene rings is 1. The van der Waals surface area contributed by atoms with Crippen molar-refractivity contribution in [3.05, 3.63) is 28.2 Å². The van der Waals surface area contributed by atoms with Gasteiger partial charge in [-0.25, -0.2) is 5.84 Å². The molecule has 0 aliphatic carbocycles. The highest BCUT2D eigenvalue weighted by Gasteiger charge is 2.09. The number of carbonyl (C=O) groups excluding carboxylic acids is 1. The number of halogens is 1. The fourth-order valence-corrected chi connectivity index (χ4v) is 1.31. The van der Waals surface area contributed by atoms with Crippen LogP contribution in [-0.2, 0) is 0 Å². The average Bonchev–Trinajstić information content (AvgIpc) is 2.17. The number of hydrazine groups is 1. The maximum absolute atomic E-state index is 11.2. The highest BCUT2D eigenvalue weighted by atomic mass is 79.9. The van der Waals surface area contributed by atoms with E-state index in [9.17, 15) is 4.79 Å². The predicted octanol–water partition coefficient (Wildman–Crippen LogP) is 1.06. The standard InChI is InChI=1S/C8H9BrN2O2/c1-13-5-2-3-7(9)6(4-5)8(12)11-10/h2-4H,10H2,1H3,(H,11,12). The van der Waals surface area contributed by atoms with Crippen LogP contribution >= 0.6 is 15.9 Å². The summed E-state index contributed by atoms with van der Waals surface area (Å²) in [4.78, 5) is 11.2. The molecule has 0 unspecified atom stereocenters. The number of hydrogen-bond donors (Lipinski definition) is 2. The lowest BCUT2D eigenvalue weighted by molar-refractivity contribution is 0.0952. The minimum Gasteiger partial charge on any atom is -0.497 e. The van der Waals surface area contributed by atoms with Crippen molar-refractivity contribution in [1.82, 2.24) is 5.43 Å². The van der Waals surface area contributed by atoms with E-state index in [0.29, 0.717) is 15.8 Å². The number of methoxy groups -OCH3 is 1. The van der Waals surface area contributed by atoms with Crippen LogP contribution in [0, 0.1) is 0 Å². The molecule has 1 amide bonds. The Morgan fingerprint density at radius 2 is 2.31 bits per heavy atom. The highest BCUT2D eigenvalue weighted by Crippen LogP contribution is 2.21. The molecule has 5 heteroatoms. The number of rotatable bonds is 2. The summed E-state index contributed by atoms with van der Waals surface area (Å²) in [6, 6.07) is 5.08. The van der Waals surface area contributed by atoms with Crippen molar-refractivity contribution in [2.24, 2.45) is 5.84 Å². The van der Waals surface area contributed by atoms with E-state index in [1.165, 1.54) is 7.11 Å². The predicted molar refractivity (Wildman–Crippen MR) is 52.3 cm³/mol. The number of hydrogen-bond acceptors (Lipinski definition) is 3. The van der Waals surface area contributed by atoms with Crippen LogP contribution < -0.4 is 16.0 Å². The molecule has 3 N–H and O–H groups in total. The molecule has 1 aromatic rings. The maximum Gasteiger partial charge on any atom is 0.266 e. The van der Waals surface area contributed by atoms with Crippen molar-refractivity contribution >= 4 is 21.8 Å². The van der Waals surface area contributed by atoms with Crippen LogP contribution in [0.25, 0.3) is 0 Å². The van der Waals surface area contributed by atoms with Gasteiger partial charge in [-0.3, -0.25) is 10.2 Å². The third-order valence-electron chi connectivity index (χ3n) is 1.55. The molecule has 0 radical (unpaired) electrons. The topological polar surface area (TPSA) is 64.3 Å². The fourth-order valence-electron chi connectivity index (χ4n) is 0.883. The van der Waals surface area contributed by atoms with Crippen molar-refractivity contribution in [3.8, 4) is 5.75 Å². The van der Waals surface area contributed by atoms with E-state index >= 15 is 0 Å². The summed E-state index contributed by atoms with van der Waals surface area (Å²) >= 11 is 3.23. The number of nitrogens with two attached hydrogens (primary N) is 1. The average molecular weight is 245 g/mol. The van der Waals surface area contributed by atoms with Crippen molar-refractivity contribution in [2.75, 3.05) is 7.11 Å². The molecule has 4 nitrogen and oxygen atoms in total. The third kappa shape index (κ3) is 2.19. The van der Waals surface area contributed by atoms with Crippen molar-refractivity contribution in [2.45, 2.75) is 0 Å². The van der Waals surface area contributed by atoms with Crippen LogP contribution in [-0.4, -0.2) is 13.0 Å². The molecule has 0 saturated heterocycles. The molecule has 13 heavy (non-hydrogen) atoms. The Balaban J connectivity index is 3.11. The Labute approximate surface area is 84.2 Å². The zero-order valence-corrected chi connectivity index (χ0v) is 8.59. The Morgan fingerprint density at radius 3 is 2.85 bits per heavy atom. The molecule has 0 bridgehead atoms. The molecule has 0 aromatic heterocycles. The summed E-state index contributed by atoms with van der Waals surface area (Å²) in [7, 11) is 1.54. The monoisotopic (exact) mass is 244 g/mol. The second-order valence-electron chi connectivity index (χ2n) is 2.32. The van der Waals surface area contributed by atoms with E-state index in [4.69, 9.17) is 10.6 Å². The van der Waals surface area contributed by atoms with Gasteiger partial charge in [0, 0.05) is 4.47 Å².